The highest BCUT2D eigenvalue weighted by Crippen LogP contribution is 2.15. The van der Waals surface area contributed by atoms with Crippen molar-refractivity contribution in [2.24, 2.45) is 0 Å². The maximum atomic E-state index is 10.9. The third kappa shape index (κ3) is 2.39. The number of rotatable bonds is 5. The quantitative estimate of drug-likeness (QED) is 0.436. The molecule has 0 spiro atoms. The predicted octanol–water partition coefficient (Wildman–Crippen LogP) is 1.03. The third-order valence-corrected chi connectivity index (χ3v) is 2.48. The second kappa shape index (κ2) is 5.14. The molecule has 2 radical (unpaired) electrons. The van der Waals surface area contributed by atoms with Gasteiger partial charge in [-0.3, -0.25) is 4.79 Å². The van der Waals surface area contributed by atoms with Crippen LogP contribution in [0.5, 0.6) is 0 Å². The lowest BCUT2D eigenvalue weighted by Crippen LogP contribution is -2.06. The predicted molar refractivity (Wildman–Crippen MR) is 66.8 cm³/mol. The summed E-state index contributed by atoms with van der Waals surface area (Å²) in [5.74, 6) is 0. The number of ether oxygens (including phenoxy) is 1. The first-order valence-electron chi connectivity index (χ1n) is 5.55. The fraction of sp³-hybridized carbons (Fsp3) is 0.333. The highest BCUT2D eigenvalue weighted by molar-refractivity contribution is 6.33. The van der Waals surface area contributed by atoms with Gasteiger partial charge in [0.1, 0.15) is 20.3 Å². The van der Waals surface area contributed by atoms with Crippen molar-refractivity contribution in [3.63, 3.8) is 0 Å². The van der Waals surface area contributed by atoms with Crippen LogP contribution < -0.4 is 5.46 Å². The lowest BCUT2D eigenvalue weighted by Gasteiger charge is -2.04. The molecule has 0 amide bonds. The Labute approximate surface area is 101 Å². The van der Waals surface area contributed by atoms with Gasteiger partial charge in [0.05, 0.1) is 5.52 Å². The Morgan fingerprint density at radius 2 is 2.35 bits per heavy atom. The van der Waals surface area contributed by atoms with Crippen LogP contribution in [0, 0.1) is 0 Å². The van der Waals surface area contributed by atoms with Crippen LogP contribution in [0.4, 0.5) is 0 Å². The maximum absolute atomic E-state index is 10.9. The number of fused-ring (bicyclic) bond motifs is 1. The molecule has 0 saturated heterocycles. The average molecular weight is 228 g/mol. The minimum atomic E-state index is 0.349. The van der Waals surface area contributed by atoms with Gasteiger partial charge in [-0.25, -0.2) is 4.68 Å². The molecule has 0 bridgehead atoms. The molecule has 2 aromatic rings. The minimum Gasteiger partial charge on any atom is -0.359 e. The summed E-state index contributed by atoms with van der Waals surface area (Å²) in [5, 5.41) is 4.95. The number of aldehydes is 1. The Hall–Kier alpha value is -1.62. The molecule has 0 fully saturated rings. The van der Waals surface area contributed by atoms with E-state index in [0.717, 1.165) is 23.6 Å². The largest absolute Gasteiger partial charge is 0.359 e. The summed E-state index contributed by atoms with van der Waals surface area (Å²) >= 11 is 0. The molecule has 0 aliphatic heterocycles. The molecular formula is C12H13BN2O2. The van der Waals surface area contributed by atoms with Gasteiger partial charge in [-0.15, -0.1) is 0 Å². The zero-order valence-corrected chi connectivity index (χ0v) is 9.72. The molecule has 2 rings (SSSR count). The van der Waals surface area contributed by atoms with E-state index in [-0.39, 0.29) is 0 Å². The molecule has 5 heteroatoms. The van der Waals surface area contributed by atoms with E-state index >= 15 is 0 Å². The van der Waals surface area contributed by atoms with Crippen molar-refractivity contribution in [3.05, 3.63) is 23.9 Å². The number of carbonyl (C=O) groups is 1. The van der Waals surface area contributed by atoms with Crippen LogP contribution in [0.1, 0.15) is 23.8 Å². The number of benzene rings is 1. The van der Waals surface area contributed by atoms with Crippen molar-refractivity contribution >= 4 is 30.5 Å². The molecule has 0 aliphatic carbocycles. The van der Waals surface area contributed by atoms with E-state index < -0.39 is 0 Å². The molecule has 0 aliphatic rings. The van der Waals surface area contributed by atoms with Crippen molar-refractivity contribution in [2.45, 2.75) is 20.1 Å². The van der Waals surface area contributed by atoms with Crippen LogP contribution in [0.3, 0.4) is 0 Å². The van der Waals surface area contributed by atoms with E-state index in [0.29, 0.717) is 24.5 Å². The fourth-order valence-electron chi connectivity index (χ4n) is 1.70. The Kier molecular flexibility index (Phi) is 3.59. The lowest BCUT2D eigenvalue weighted by atomic mass is 9.95. The van der Waals surface area contributed by atoms with Crippen molar-refractivity contribution in [3.8, 4) is 0 Å². The molecule has 0 unspecified atom stereocenters. The number of hydrogen-bond acceptors (Lipinski definition) is 3. The number of carbonyl (C=O) groups excluding carboxylic acids is 1. The van der Waals surface area contributed by atoms with Gasteiger partial charge in [-0.2, -0.15) is 5.10 Å². The summed E-state index contributed by atoms with van der Waals surface area (Å²) in [6.07, 6.45) is 1.69. The van der Waals surface area contributed by atoms with Gasteiger partial charge in [-0.1, -0.05) is 24.5 Å². The molecule has 1 aromatic carbocycles. The zero-order valence-electron chi connectivity index (χ0n) is 9.72. The van der Waals surface area contributed by atoms with Crippen molar-refractivity contribution in [1.82, 2.24) is 9.78 Å². The van der Waals surface area contributed by atoms with Gasteiger partial charge in [0, 0.05) is 12.0 Å². The van der Waals surface area contributed by atoms with Crippen LogP contribution >= 0.6 is 0 Å². The highest BCUT2D eigenvalue weighted by Gasteiger charge is 2.09. The first-order chi connectivity index (χ1) is 8.26. The van der Waals surface area contributed by atoms with Gasteiger partial charge in [0.15, 0.2) is 6.29 Å². The van der Waals surface area contributed by atoms with Crippen molar-refractivity contribution in [1.29, 1.82) is 0 Å². The van der Waals surface area contributed by atoms with E-state index in [1.807, 2.05) is 13.0 Å². The first-order valence-corrected chi connectivity index (χ1v) is 5.55. The van der Waals surface area contributed by atoms with E-state index in [1.165, 1.54) is 0 Å². The third-order valence-electron chi connectivity index (χ3n) is 2.48. The van der Waals surface area contributed by atoms with E-state index in [4.69, 9.17) is 12.6 Å². The monoisotopic (exact) mass is 228 g/mol. The molecule has 86 valence electrons. The summed E-state index contributed by atoms with van der Waals surface area (Å²) in [7, 11) is 5.69. The van der Waals surface area contributed by atoms with Gasteiger partial charge in [-0.05, 0) is 12.5 Å². The van der Waals surface area contributed by atoms with Crippen LogP contribution in [0.25, 0.3) is 10.9 Å². The van der Waals surface area contributed by atoms with Crippen molar-refractivity contribution in [2.75, 3.05) is 6.61 Å². The van der Waals surface area contributed by atoms with Gasteiger partial charge >= 0.3 is 0 Å². The van der Waals surface area contributed by atoms with Crippen molar-refractivity contribution < 1.29 is 9.53 Å². The molecule has 1 heterocycles. The van der Waals surface area contributed by atoms with E-state index in [1.54, 1.807) is 16.8 Å². The van der Waals surface area contributed by atoms with Crippen LogP contribution in [-0.2, 0) is 11.5 Å². The minimum absolute atomic E-state index is 0.349. The molecule has 1 aromatic heterocycles. The Morgan fingerprint density at radius 1 is 1.53 bits per heavy atom. The molecule has 4 nitrogen and oxygen atoms in total. The highest BCUT2D eigenvalue weighted by atomic mass is 16.5. The molecule has 0 saturated carbocycles. The molecule has 0 N–H and O–H groups in total. The topological polar surface area (TPSA) is 44.1 Å². The number of hydrogen-bond donors (Lipinski definition) is 0. The Balaban J connectivity index is 2.39. The summed E-state index contributed by atoms with van der Waals surface area (Å²) in [4.78, 5) is 10.9. The second-order valence-corrected chi connectivity index (χ2v) is 3.82. The van der Waals surface area contributed by atoms with Gasteiger partial charge < -0.3 is 4.74 Å². The SMILES string of the molecule is [B]c1ccc2c(c1)c(C=O)nn2COCCC. The fourth-order valence-corrected chi connectivity index (χ4v) is 1.70. The van der Waals surface area contributed by atoms with Gasteiger partial charge in [0.25, 0.3) is 0 Å². The molecule has 0 atom stereocenters. The summed E-state index contributed by atoms with van der Waals surface area (Å²) in [6.45, 7) is 3.06. The van der Waals surface area contributed by atoms with E-state index in [2.05, 4.69) is 5.10 Å². The normalized spacial score (nSPS) is 10.9. The van der Waals surface area contributed by atoms with Crippen LogP contribution in [0.2, 0.25) is 0 Å². The summed E-state index contributed by atoms with van der Waals surface area (Å²) < 4.78 is 7.09. The standard InChI is InChI=1S/C12H13BN2O2/c1-2-5-17-8-15-12-4-3-9(13)6-10(12)11(7-16)14-15/h3-4,6-7H,2,5,8H2,1H3. The first kappa shape index (κ1) is 11.9. The van der Waals surface area contributed by atoms with Crippen LogP contribution in [0.15, 0.2) is 18.2 Å². The maximum Gasteiger partial charge on any atom is 0.170 e. The smallest absolute Gasteiger partial charge is 0.170 e. The summed E-state index contributed by atoms with van der Waals surface area (Å²) in [6, 6.07) is 5.39. The van der Waals surface area contributed by atoms with Gasteiger partial charge in [0.2, 0.25) is 0 Å². The Morgan fingerprint density at radius 3 is 3.06 bits per heavy atom. The average Bonchev–Trinajstić information content (AvgIpc) is 2.67. The summed E-state index contributed by atoms with van der Waals surface area (Å²) in [5.41, 5.74) is 1.87. The lowest BCUT2D eigenvalue weighted by molar-refractivity contribution is 0.0719. The Bertz CT molecular complexity index is 537. The zero-order chi connectivity index (χ0) is 12.3. The molecule has 17 heavy (non-hydrogen) atoms. The van der Waals surface area contributed by atoms with Crippen LogP contribution in [-0.4, -0.2) is 30.5 Å². The number of nitrogens with zero attached hydrogens (tertiary/aromatic N) is 2. The number of aromatic nitrogens is 2. The van der Waals surface area contributed by atoms with E-state index in [9.17, 15) is 4.79 Å². The second-order valence-electron chi connectivity index (χ2n) is 3.82. The molecular weight excluding hydrogens is 215 g/mol.